The molecule has 3 nitrogen and oxygen atoms in total. The van der Waals surface area contributed by atoms with E-state index in [1.54, 1.807) is 0 Å². The van der Waals surface area contributed by atoms with Gasteiger partial charge in [-0.3, -0.25) is 9.48 Å². The number of carbonyl (C=O) groups excluding carboxylic acids is 1. The highest BCUT2D eigenvalue weighted by Crippen LogP contribution is 2.39. The summed E-state index contributed by atoms with van der Waals surface area (Å²) in [6.07, 6.45) is -1.36. The van der Waals surface area contributed by atoms with Crippen molar-refractivity contribution in [1.82, 2.24) is 9.78 Å². The number of hydrogen-bond acceptors (Lipinski definition) is 2. The number of rotatable bonds is 2. The van der Waals surface area contributed by atoms with Crippen LogP contribution in [0.5, 0.6) is 0 Å². The van der Waals surface area contributed by atoms with Crippen LogP contribution >= 0.6 is 11.6 Å². The van der Waals surface area contributed by atoms with Crippen LogP contribution in [-0.4, -0.2) is 15.0 Å². The molecule has 1 saturated carbocycles. The average molecular weight is 289 g/mol. The Bertz CT molecular complexity index is 673. The molecule has 2 aromatic rings. The van der Waals surface area contributed by atoms with Crippen molar-refractivity contribution < 1.29 is 18.0 Å². The van der Waals surface area contributed by atoms with Gasteiger partial charge in [-0.25, -0.2) is 0 Å². The third kappa shape index (κ3) is 2.10. The fourth-order valence-electron chi connectivity index (χ4n) is 2.08. The lowest BCUT2D eigenvalue weighted by molar-refractivity contribution is -0.137. The summed E-state index contributed by atoms with van der Waals surface area (Å²) in [5, 5.41) is 3.51. The Kier molecular flexibility index (Phi) is 2.60. The van der Waals surface area contributed by atoms with Gasteiger partial charge >= 0.3 is 6.18 Å². The summed E-state index contributed by atoms with van der Waals surface area (Å²) in [5.41, 5.74) is -0.730. The van der Waals surface area contributed by atoms with Crippen LogP contribution in [0.25, 0.3) is 10.9 Å². The lowest BCUT2D eigenvalue weighted by atomic mass is 10.1. The van der Waals surface area contributed by atoms with Crippen molar-refractivity contribution in [1.29, 1.82) is 0 Å². The fourth-order valence-corrected chi connectivity index (χ4v) is 2.24. The highest BCUT2D eigenvalue weighted by atomic mass is 35.5. The van der Waals surface area contributed by atoms with E-state index < -0.39 is 17.0 Å². The van der Waals surface area contributed by atoms with Crippen LogP contribution in [0.1, 0.15) is 34.8 Å². The second-order valence-electron chi connectivity index (χ2n) is 4.55. The fraction of sp³-hybridized carbons (Fsp3) is 0.333. The molecule has 1 aliphatic rings. The molecular formula is C12H8ClF3N2O. The van der Waals surface area contributed by atoms with Gasteiger partial charge in [0.2, 0.25) is 0 Å². The highest BCUT2D eigenvalue weighted by molar-refractivity contribution is 6.68. The first kappa shape index (κ1) is 12.5. The first-order valence-electron chi connectivity index (χ1n) is 5.66. The number of fused-ring (bicyclic) bond motifs is 1. The highest BCUT2D eigenvalue weighted by Gasteiger charge is 2.34. The lowest BCUT2D eigenvalue weighted by Gasteiger charge is -2.09. The van der Waals surface area contributed by atoms with Gasteiger partial charge in [-0.05, 0) is 36.6 Å². The van der Waals surface area contributed by atoms with E-state index in [4.69, 9.17) is 11.6 Å². The Hall–Kier alpha value is -1.56. The Morgan fingerprint density at radius 1 is 1.37 bits per heavy atom. The van der Waals surface area contributed by atoms with Crippen LogP contribution in [0.15, 0.2) is 18.3 Å². The second kappa shape index (κ2) is 3.96. The van der Waals surface area contributed by atoms with Gasteiger partial charge in [0.25, 0.3) is 5.24 Å². The minimum absolute atomic E-state index is 0.124. The van der Waals surface area contributed by atoms with Gasteiger partial charge in [0.15, 0.2) is 0 Å². The SMILES string of the molecule is O=C(Cl)c1cc(C(F)(F)F)cc2c1cnn2C1CC1. The Morgan fingerprint density at radius 2 is 2.05 bits per heavy atom. The van der Waals surface area contributed by atoms with Crippen LogP contribution in [0.2, 0.25) is 0 Å². The van der Waals surface area contributed by atoms with E-state index in [1.807, 2.05) is 0 Å². The molecule has 1 aliphatic carbocycles. The minimum Gasteiger partial charge on any atom is -0.276 e. The molecule has 0 radical (unpaired) electrons. The zero-order valence-electron chi connectivity index (χ0n) is 9.54. The summed E-state index contributed by atoms with van der Waals surface area (Å²) in [6.45, 7) is 0. The maximum Gasteiger partial charge on any atom is 0.416 e. The molecule has 0 bridgehead atoms. The van der Waals surface area contributed by atoms with Crippen LogP contribution in [0.4, 0.5) is 13.2 Å². The van der Waals surface area contributed by atoms with E-state index in [0.717, 1.165) is 25.0 Å². The van der Waals surface area contributed by atoms with Crippen molar-refractivity contribution in [3.63, 3.8) is 0 Å². The second-order valence-corrected chi connectivity index (χ2v) is 4.89. The normalized spacial score (nSPS) is 16.0. The summed E-state index contributed by atoms with van der Waals surface area (Å²) < 4.78 is 40.0. The van der Waals surface area contributed by atoms with Gasteiger partial charge in [-0.15, -0.1) is 0 Å². The topological polar surface area (TPSA) is 34.9 Å². The maximum atomic E-state index is 12.8. The standard InChI is InChI=1S/C12H8ClF3N2O/c13-11(19)8-3-6(12(14,15)16)4-10-9(8)5-17-18(10)7-1-2-7/h3-5,7H,1-2H2. The number of hydrogen-bond donors (Lipinski definition) is 0. The summed E-state index contributed by atoms with van der Waals surface area (Å²) in [7, 11) is 0. The third-order valence-corrected chi connectivity index (χ3v) is 3.35. The molecule has 0 saturated heterocycles. The molecule has 0 N–H and O–H groups in total. The number of alkyl halides is 3. The quantitative estimate of drug-likeness (QED) is 0.789. The molecule has 19 heavy (non-hydrogen) atoms. The van der Waals surface area contributed by atoms with Gasteiger partial charge in [0.05, 0.1) is 23.3 Å². The molecule has 3 rings (SSSR count). The van der Waals surface area contributed by atoms with E-state index in [1.165, 1.54) is 10.9 Å². The number of halogens is 4. The predicted molar refractivity (Wildman–Crippen MR) is 63.2 cm³/mol. The minimum atomic E-state index is -4.52. The molecule has 1 aromatic carbocycles. The van der Waals surface area contributed by atoms with Crippen LogP contribution in [-0.2, 0) is 6.18 Å². The van der Waals surface area contributed by atoms with E-state index in [2.05, 4.69) is 5.10 Å². The van der Waals surface area contributed by atoms with Crippen molar-refractivity contribution >= 4 is 27.7 Å². The molecule has 0 aliphatic heterocycles. The Labute approximate surface area is 111 Å². The smallest absolute Gasteiger partial charge is 0.276 e. The van der Waals surface area contributed by atoms with E-state index in [-0.39, 0.29) is 11.6 Å². The van der Waals surface area contributed by atoms with Crippen LogP contribution < -0.4 is 0 Å². The zero-order chi connectivity index (χ0) is 13.8. The van der Waals surface area contributed by atoms with Crippen molar-refractivity contribution in [2.45, 2.75) is 25.1 Å². The summed E-state index contributed by atoms with van der Waals surface area (Å²) >= 11 is 5.37. The molecule has 1 heterocycles. The van der Waals surface area contributed by atoms with Crippen LogP contribution in [0.3, 0.4) is 0 Å². The van der Waals surface area contributed by atoms with Gasteiger partial charge in [-0.1, -0.05) is 0 Å². The average Bonchev–Trinajstić information content (AvgIpc) is 3.06. The summed E-state index contributed by atoms with van der Waals surface area (Å²) in [6, 6.07) is 1.92. The molecule has 0 amide bonds. The van der Waals surface area contributed by atoms with E-state index in [9.17, 15) is 18.0 Å². The molecule has 1 fully saturated rings. The zero-order valence-corrected chi connectivity index (χ0v) is 10.3. The van der Waals surface area contributed by atoms with Gasteiger partial charge in [0.1, 0.15) is 0 Å². The van der Waals surface area contributed by atoms with Crippen molar-refractivity contribution in [2.75, 3.05) is 0 Å². The van der Waals surface area contributed by atoms with Gasteiger partial charge in [0, 0.05) is 10.9 Å². The predicted octanol–water partition coefficient (Wildman–Crippen LogP) is 3.77. The largest absolute Gasteiger partial charge is 0.416 e. The number of carbonyl (C=O) groups is 1. The summed E-state index contributed by atoms with van der Waals surface area (Å²) in [4.78, 5) is 11.3. The maximum absolute atomic E-state index is 12.8. The lowest BCUT2D eigenvalue weighted by Crippen LogP contribution is -2.07. The van der Waals surface area contributed by atoms with Gasteiger partial charge in [-0.2, -0.15) is 18.3 Å². The Balaban J connectivity index is 2.30. The first-order valence-corrected chi connectivity index (χ1v) is 6.04. The molecule has 0 atom stereocenters. The molecule has 7 heteroatoms. The number of aromatic nitrogens is 2. The molecular weight excluding hydrogens is 281 g/mol. The summed E-state index contributed by atoms with van der Waals surface area (Å²) in [5.74, 6) is 0. The number of benzene rings is 1. The monoisotopic (exact) mass is 288 g/mol. The van der Waals surface area contributed by atoms with E-state index >= 15 is 0 Å². The molecule has 1 aromatic heterocycles. The van der Waals surface area contributed by atoms with E-state index in [0.29, 0.717) is 10.9 Å². The van der Waals surface area contributed by atoms with Crippen molar-refractivity contribution in [3.05, 3.63) is 29.5 Å². The van der Waals surface area contributed by atoms with Gasteiger partial charge < -0.3 is 0 Å². The number of nitrogens with zero attached hydrogens (tertiary/aromatic N) is 2. The Morgan fingerprint density at radius 3 is 2.58 bits per heavy atom. The van der Waals surface area contributed by atoms with Crippen molar-refractivity contribution in [2.24, 2.45) is 0 Å². The van der Waals surface area contributed by atoms with Crippen LogP contribution in [0, 0.1) is 0 Å². The molecule has 0 unspecified atom stereocenters. The molecule has 0 spiro atoms. The van der Waals surface area contributed by atoms with Crippen molar-refractivity contribution in [3.8, 4) is 0 Å². The third-order valence-electron chi connectivity index (χ3n) is 3.15. The first-order chi connectivity index (χ1) is 8.88. The molecule has 100 valence electrons.